The highest BCUT2D eigenvalue weighted by molar-refractivity contribution is 5.13. The Labute approximate surface area is 85.2 Å². The van der Waals surface area contributed by atoms with E-state index in [0.29, 0.717) is 6.04 Å². The third-order valence-electron chi connectivity index (χ3n) is 2.24. The van der Waals surface area contributed by atoms with Gasteiger partial charge in [0.15, 0.2) is 0 Å². The molecule has 1 aromatic rings. The first-order valence-electron chi connectivity index (χ1n) is 5.08. The fourth-order valence-electron chi connectivity index (χ4n) is 1.33. The van der Waals surface area contributed by atoms with Gasteiger partial charge in [0.1, 0.15) is 0 Å². The van der Waals surface area contributed by atoms with E-state index >= 15 is 0 Å². The maximum Gasteiger partial charge on any atom is 0.0431 e. The summed E-state index contributed by atoms with van der Waals surface area (Å²) in [7, 11) is 0. The molecule has 0 aliphatic carbocycles. The molecule has 3 heteroatoms. The summed E-state index contributed by atoms with van der Waals surface area (Å²) >= 11 is 0. The fourth-order valence-corrected chi connectivity index (χ4v) is 1.33. The third-order valence-corrected chi connectivity index (χ3v) is 2.24. The van der Waals surface area contributed by atoms with Crippen molar-refractivity contribution in [3.05, 3.63) is 30.1 Å². The van der Waals surface area contributed by atoms with Gasteiger partial charge in [0.25, 0.3) is 0 Å². The Morgan fingerprint density at radius 1 is 1.36 bits per heavy atom. The smallest absolute Gasteiger partial charge is 0.0431 e. The van der Waals surface area contributed by atoms with Crippen LogP contribution in [0.1, 0.15) is 31.4 Å². The molecule has 14 heavy (non-hydrogen) atoms. The lowest BCUT2D eigenvalue weighted by atomic mass is 10.1. The number of pyridine rings is 1. The summed E-state index contributed by atoms with van der Waals surface area (Å²) in [5, 5.41) is 12.0. The van der Waals surface area contributed by atoms with E-state index in [0.717, 1.165) is 19.4 Å². The normalized spacial score (nSPS) is 12.7. The predicted octanol–water partition coefficient (Wildman–Crippen LogP) is 1.50. The Morgan fingerprint density at radius 2 is 2.07 bits per heavy atom. The predicted molar refractivity (Wildman–Crippen MR) is 57.0 cm³/mol. The first-order chi connectivity index (χ1) is 6.84. The van der Waals surface area contributed by atoms with E-state index in [1.807, 2.05) is 12.1 Å². The van der Waals surface area contributed by atoms with E-state index in [2.05, 4.69) is 17.2 Å². The van der Waals surface area contributed by atoms with Gasteiger partial charge < -0.3 is 10.4 Å². The van der Waals surface area contributed by atoms with E-state index in [-0.39, 0.29) is 6.61 Å². The van der Waals surface area contributed by atoms with Crippen molar-refractivity contribution < 1.29 is 5.11 Å². The largest absolute Gasteiger partial charge is 0.396 e. The molecule has 0 saturated carbocycles. The van der Waals surface area contributed by atoms with E-state index in [9.17, 15) is 0 Å². The molecule has 1 aromatic heterocycles. The van der Waals surface area contributed by atoms with Crippen LogP contribution in [0.5, 0.6) is 0 Å². The minimum absolute atomic E-state index is 0.283. The first kappa shape index (κ1) is 11.1. The monoisotopic (exact) mass is 194 g/mol. The van der Waals surface area contributed by atoms with Gasteiger partial charge in [-0.1, -0.05) is 0 Å². The molecule has 78 valence electrons. The van der Waals surface area contributed by atoms with Crippen molar-refractivity contribution in [3.63, 3.8) is 0 Å². The van der Waals surface area contributed by atoms with Gasteiger partial charge in [0.2, 0.25) is 0 Å². The van der Waals surface area contributed by atoms with Gasteiger partial charge in [-0.25, -0.2) is 0 Å². The van der Waals surface area contributed by atoms with Crippen LogP contribution < -0.4 is 5.32 Å². The molecule has 0 radical (unpaired) electrons. The molecule has 0 spiro atoms. The van der Waals surface area contributed by atoms with Gasteiger partial charge in [0, 0.05) is 25.0 Å². The number of rotatable bonds is 6. The van der Waals surface area contributed by atoms with Gasteiger partial charge >= 0.3 is 0 Å². The van der Waals surface area contributed by atoms with Crippen LogP contribution in [0.3, 0.4) is 0 Å². The molecule has 2 N–H and O–H groups in total. The van der Waals surface area contributed by atoms with E-state index in [1.54, 1.807) is 12.4 Å². The summed E-state index contributed by atoms with van der Waals surface area (Å²) in [6, 6.07) is 4.39. The number of hydrogen-bond donors (Lipinski definition) is 2. The van der Waals surface area contributed by atoms with Crippen LogP contribution in [-0.4, -0.2) is 23.2 Å². The lowest BCUT2D eigenvalue weighted by molar-refractivity contribution is 0.283. The standard InChI is InChI=1S/C11H18N2O/c1-10(13-6-2-3-9-14)11-4-7-12-8-5-11/h4-5,7-8,10,13-14H,2-3,6,9H2,1H3/t10-/m0/s1. The molecule has 3 nitrogen and oxygen atoms in total. The average Bonchev–Trinajstić information content (AvgIpc) is 2.25. The Kier molecular flexibility index (Phi) is 5.19. The number of hydrogen-bond acceptors (Lipinski definition) is 3. The summed E-state index contributed by atoms with van der Waals surface area (Å²) in [5.41, 5.74) is 1.25. The summed E-state index contributed by atoms with van der Waals surface area (Å²) in [6.07, 6.45) is 5.50. The number of aromatic nitrogens is 1. The minimum atomic E-state index is 0.283. The van der Waals surface area contributed by atoms with Crippen molar-refractivity contribution in [1.29, 1.82) is 0 Å². The fraction of sp³-hybridized carbons (Fsp3) is 0.545. The van der Waals surface area contributed by atoms with Gasteiger partial charge in [0.05, 0.1) is 0 Å². The lowest BCUT2D eigenvalue weighted by Crippen LogP contribution is -2.19. The topological polar surface area (TPSA) is 45.1 Å². The molecule has 0 aliphatic rings. The van der Waals surface area contributed by atoms with Gasteiger partial charge in [-0.05, 0) is 44.0 Å². The number of aliphatic hydroxyl groups excluding tert-OH is 1. The third kappa shape index (κ3) is 3.85. The van der Waals surface area contributed by atoms with Crippen LogP contribution in [-0.2, 0) is 0 Å². The van der Waals surface area contributed by atoms with Crippen molar-refractivity contribution in [3.8, 4) is 0 Å². The zero-order valence-corrected chi connectivity index (χ0v) is 8.61. The second kappa shape index (κ2) is 6.51. The molecule has 0 amide bonds. The van der Waals surface area contributed by atoms with Crippen molar-refractivity contribution in [2.45, 2.75) is 25.8 Å². The molecule has 0 unspecified atom stereocenters. The SMILES string of the molecule is C[C@H](NCCCCO)c1ccncc1. The summed E-state index contributed by atoms with van der Waals surface area (Å²) in [6.45, 7) is 3.36. The zero-order chi connectivity index (χ0) is 10.2. The van der Waals surface area contributed by atoms with Crippen LogP contribution >= 0.6 is 0 Å². The maximum absolute atomic E-state index is 8.61. The molecule has 0 aromatic carbocycles. The van der Waals surface area contributed by atoms with Gasteiger partial charge in [-0.2, -0.15) is 0 Å². The quantitative estimate of drug-likeness (QED) is 0.675. The zero-order valence-electron chi connectivity index (χ0n) is 8.61. The second-order valence-electron chi connectivity index (χ2n) is 3.39. The van der Waals surface area contributed by atoms with Gasteiger partial charge in [-0.3, -0.25) is 4.98 Å². The molecule has 1 heterocycles. The Morgan fingerprint density at radius 3 is 2.71 bits per heavy atom. The van der Waals surface area contributed by atoms with Gasteiger partial charge in [-0.15, -0.1) is 0 Å². The molecule has 0 aliphatic heterocycles. The lowest BCUT2D eigenvalue weighted by Gasteiger charge is -2.13. The average molecular weight is 194 g/mol. The second-order valence-corrected chi connectivity index (χ2v) is 3.39. The Hall–Kier alpha value is -0.930. The van der Waals surface area contributed by atoms with E-state index < -0.39 is 0 Å². The van der Waals surface area contributed by atoms with Crippen LogP contribution in [0.25, 0.3) is 0 Å². The van der Waals surface area contributed by atoms with Crippen LogP contribution in [0.2, 0.25) is 0 Å². The number of aliphatic hydroxyl groups is 1. The number of nitrogens with one attached hydrogen (secondary N) is 1. The molecule has 0 saturated heterocycles. The van der Waals surface area contributed by atoms with Crippen molar-refractivity contribution in [2.75, 3.05) is 13.2 Å². The highest BCUT2D eigenvalue weighted by Gasteiger charge is 2.02. The van der Waals surface area contributed by atoms with Crippen LogP contribution in [0.15, 0.2) is 24.5 Å². The highest BCUT2D eigenvalue weighted by Crippen LogP contribution is 2.09. The highest BCUT2D eigenvalue weighted by atomic mass is 16.2. The molecule has 1 rings (SSSR count). The summed E-state index contributed by atoms with van der Waals surface area (Å²) < 4.78 is 0. The Balaban J connectivity index is 2.25. The molecule has 0 bridgehead atoms. The first-order valence-corrected chi connectivity index (χ1v) is 5.08. The number of unbranched alkanes of at least 4 members (excludes halogenated alkanes) is 1. The maximum atomic E-state index is 8.61. The summed E-state index contributed by atoms with van der Waals surface area (Å²) in [4.78, 5) is 3.98. The van der Waals surface area contributed by atoms with Crippen molar-refractivity contribution >= 4 is 0 Å². The summed E-state index contributed by atoms with van der Waals surface area (Å²) in [5.74, 6) is 0. The number of nitrogens with zero attached hydrogens (tertiary/aromatic N) is 1. The molecular weight excluding hydrogens is 176 g/mol. The molecular formula is C11H18N2O. The minimum Gasteiger partial charge on any atom is -0.396 e. The van der Waals surface area contributed by atoms with E-state index in [4.69, 9.17) is 5.11 Å². The van der Waals surface area contributed by atoms with E-state index in [1.165, 1.54) is 5.56 Å². The molecule has 0 fully saturated rings. The Bertz CT molecular complexity index is 238. The molecule has 1 atom stereocenters. The van der Waals surface area contributed by atoms with Crippen molar-refractivity contribution in [1.82, 2.24) is 10.3 Å². The van der Waals surface area contributed by atoms with Crippen LogP contribution in [0, 0.1) is 0 Å². The van der Waals surface area contributed by atoms with Crippen molar-refractivity contribution in [2.24, 2.45) is 0 Å². The van der Waals surface area contributed by atoms with Crippen LogP contribution in [0.4, 0.5) is 0 Å².